The number of hydrogen-bond donors (Lipinski definition) is 8. The van der Waals surface area contributed by atoms with Crippen LogP contribution in [0.25, 0.3) is 22.2 Å². The van der Waals surface area contributed by atoms with Crippen molar-refractivity contribution in [3.63, 3.8) is 0 Å². The number of fused-ring (bicyclic) bond motifs is 1. The highest BCUT2D eigenvalue weighted by Gasteiger charge is 2.08. The SMILES string of the molecule is CCn1c(-c2ccccc2)cc2ccccc21.OB(O)F.OB(O)F.OB(O)F.OB(O)F. The topological polar surface area (TPSA) is 167 Å². The van der Waals surface area contributed by atoms with E-state index in [0.717, 1.165) is 6.54 Å². The van der Waals surface area contributed by atoms with Crippen LogP contribution >= 0.6 is 0 Å². The number of benzene rings is 2. The Balaban J connectivity index is 0. The third-order valence-corrected chi connectivity index (χ3v) is 3.20. The minimum absolute atomic E-state index is 0.998. The van der Waals surface area contributed by atoms with E-state index in [0.29, 0.717) is 0 Å². The maximum atomic E-state index is 10.1. The maximum absolute atomic E-state index is 10.1. The van der Waals surface area contributed by atoms with Crippen molar-refractivity contribution in [1.29, 1.82) is 0 Å². The fourth-order valence-electron chi connectivity index (χ4n) is 2.40. The number of hydrogen-bond acceptors (Lipinski definition) is 8. The summed E-state index contributed by atoms with van der Waals surface area (Å²) in [7, 11) is -10.7. The van der Waals surface area contributed by atoms with Crippen LogP contribution in [0.4, 0.5) is 17.3 Å². The van der Waals surface area contributed by atoms with Crippen LogP contribution in [0.3, 0.4) is 0 Å². The van der Waals surface area contributed by atoms with Gasteiger partial charge in [-0.3, -0.25) is 17.3 Å². The zero-order valence-corrected chi connectivity index (χ0v) is 17.3. The van der Waals surface area contributed by atoms with Gasteiger partial charge in [0.05, 0.1) is 0 Å². The molecule has 8 N–H and O–H groups in total. The van der Waals surface area contributed by atoms with Crippen molar-refractivity contribution in [2.45, 2.75) is 13.5 Å². The summed E-state index contributed by atoms with van der Waals surface area (Å²) in [6.45, 7) is 3.19. The first kappa shape index (κ1) is 32.8. The molecule has 1 heterocycles. The molecule has 0 saturated heterocycles. The first-order chi connectivity index (χ1) is 15.3. The minimum Gasteiger partial charge on any atom is -0.398 e. The predicted octanol–water partition coefficient (Wildman–Crippen LogP) is 0.0298. The predicted molar refractivity (Wildman–Crippen MR) is 118 cm³/mol. The van der Waals surface area contributed by atoms with E-state index in [1.165, 1.54) is 22.2 Å². The molecule has 0 spiro atoms. The largest absolute Gasteiger partial charge is 0.674 e. The molecule has 0 saturated carbocycles. The lowest BCUT2D eigenvalue weighted by molar-refractivity contribution is 0.338. The monoisotopic (exact) mass is 477 g/mol. The highest BCUT2D eigenvalue weighted by atomic mass is 19.1. The van der Waals surface area contributed by atoms with E-state index >= 15 is 0 Å². The number of nitrogens with zero attached hydrogens (tertiary/aromatic N) is 1. The van der Waals surface area contributed by atoms with Gasteiger partial charge < -0.3 is 44.8 Å². The van der Waals surface area contributed by atoms with Gasteiger partial charge in [0.1, 0.15) is 0 Å². The molecule has 3 aromatic rings. The van der Waals surface area contributed by atoms with Crippen molar-refractivity contribution in [3.05, 3.63) is 60.7 Å². The second kappa shape index (κ2) is 19.1. The average Bonchev–Trinajstić information content (AvgIpc) is 3.05. The molecule has 33 heavy (non-hydrogen) atoms. The molecule has 3 rings (SSSR count). The van der Waals surface area contributed by atoms with E-state index < -0.39 is 29.6 Å². The van der Waals surface area contributed by atoms with E-state index in [2.05, 4.69) is 72.2 Å². The standard InChI is InChI=1S/C16H15N.4BFH2O2/c1-2-17-15-11-7-6-10-14(15)12-16(17)13-8-4-3-5-9-13;4*2-1(3)4/h3-12H,2H2,1H3;4*3-4H. The fourth-order valence-corrected chi connectivity index (χ4v) is 2.40. The van der Waals surface area contributed by atoms with Gasteiger partial charge in [0.25, 0.3) is 0 Å². The van der Waals surface area contributed by atoms with E-state index in [9.17, 15) is 17.3 Å². The second-order valence-electron chi connectivity index (χ2n) is 5.44. The van der Waals surface area contributed by atoms with Gasteiger partial charge in [0.15, 0.2) is 0 Å². The maximum Gasteiger partial charge on any atom is 0.674 e. The normalized spacial score (nSPS) is 8.88. The third kappa shape index (κ3) is 18.9. The lowest BCUT2D eigenvalue weighted by Crippen LogP contribution is -1.98. The molecule has 180 valence electrons. The number of halogens is 4. The first-order valence-corrected chi connectivity index (χ1v) is 8.97. The minimum atomic E-state index is -2.67. The van der Waals surface area contributed by atoms with E-state index in [-0.39, 0.29) is 0 Å². The number of aryl methyl sites for hydroxylation is 1. The van der Waals surface area contributed by atoms with Crippen LogP contribution in [0.1, 0.15) is 6.92 Å². The van der Waals surface area contributed by atoms with Crippen LogP contribution in [0, 0.1) is 0 Å². The molecular weight excluding hydrogens is 453 g/mol. The van der Waals surface area contributed by atoms with E-state index in [1.807, 2.05) is 0 Å². The van der Waals surface area contributed by atoms with Gasteiger partial charge >= 0.3 is 29.6 Å². The van der Waals surface area contributed by atoms with Gasteiger partial charge in [-0.15, -0.1) is 0 Å². The summed E-state index contributed by atoms with van der Waals surface area (Å²) in [5.41, 5.74) is 3.90. The Bertz CT molecular complexity index is 828. The van der Waals surface area contributed by atoms with Crippen LogP contribution in [0.5, 0.6) is 0 Å². The van der Waals surface area contributed by atoms with E-state index in [4.69, 9.17) is 40.2 Å². The zero-order chi connectivity index (χ0) is 26.0. The molecule has 0 fully saturated rings. The highest BCUT2D eigenvalue weighted by molar-refractivity contribution is 6.32. The van der Waals surface area contributed by atoms with Gasteiger partial charge in [-0.05, 0) is 24.6 Å². The Kier molecular flexibility index (Phi) is 19.0. The molecule has 0 unspecified atom stereocenters. The molecular formula is C16H23B4F4NO8. The van der Waals surface area contributed by atoms with Gasteiger partial charge in [0.2, 0.25) is 0 Å². The van der Waals surface area contributed by atoms with Crippen molar-refractivity contribution in [2.75, 3.05) is 0 Å². The summed E-state index contributed by atoms with van der Waals surface area (Å²) in [6, 6.07) is 21.4. The lowest BCUT2D eigenvalue weighted by Gasteiger charge is -2.07. The van der Waals surface area contributed by atoms with Gasteiger partial charge in [-0.25, -0.2) is 0 Å². The third-order valence-electron chi connectivity index (χ3n) is 3.20. The Morgan fingerprint density at radius 3 is 1.39 bits per heavy atom. The smallest absolute Gasteiger partial charge is 0.398 e. The first-order valence-electron chi connectivity index (χ1n) is 8.97. The average molecular weight is 477 g/mol. The Morgan fingerprint density at radius 2 is 1.00 bits per heavy atom. The van der Waals surface area contributed by atoms with Crippen LogP contribution < -0.4 is 0 Å². The summed E-state index contributed by atoms with van der Waals surface area (Å²) in [4.78, 5) is 0. The molecule has 0 amide bonds. The summed E-state index contributed by atoms with van der Waals surface area (Å²) in [6.07, 6.45) is 0. The molecule has 0 aliphatic carbocycles. The van der Waals surface area contributed by atoms with Gasteiger partial charge in [-0.1, -0.05) is 48.5 Å². The second-order valence-corrected chi connectivity index (χ2v) is 5.44. The van der Waals surface area contributed by atoms with Crippen LogP contribution in [0.15, 0.2) is 60.7 Å². The summed E-state index contributed by atoms with van der Waals surface area (Å²) in [5, 5.41) is 56.9. The van der Waals surface area contributed by atoms with Crippen LogP contribution in [0.2, 0.25) is 0 Å². The van der Waals surface area contributed by atoms with Crippen molar-refractivity contribution in [3.8, 4) is 11.3 Å². The summed E-state index contributed by atoms with van der Waals surface area (Å²) >= 11 is 0. The lowest BCUT2D eigenvalue weighted by atomic mass is 10.1. The van der Waals surface area contributed by atoms with Crippen molar-refractivity contribution in [2.24, 2.45) is 0 Å². The number of para-hydroxylation sites is 1. The van der Waals surface area contributed by atoms with Crippen LogP contribution in [-0.4, -0.2) is 74.3 Å². The summed E-state index contributed by atoms with van der Waals surface area (Å²) < 4.78 is 42.8. The quantitative estimate of drug-likeness (QED) is 0.189. The molecule has 0 bridgehead atoms. The molecule has 0 atom stereocenters. The highest BCUT2D eigenvalue weighted by Crippen LogP contribution is 2.27. The Labute approximate surface area is 188 Å². The molecule has 0 aliphatic heterocycles. The van der Waals surface area contributed by atoms with Crippen molar-refractivity contribution >= 4 is 40.5 Å². The van der Waals surface area contributed by atoms with Crippen LogP contribution in [-0.2, 0) is 6.54 Å². The summed E-state index contributed by atoms with van der Waals surface area (Å²) in [5.74, 6) is 0. The van der Waals surface area contributed by atoms with Crippen molar-refractivity contribution < 1.29 is 57.5 Å². The van der Waals surface area contributed by atoms with Crippen molar-refractivity contribution in [1.82, 2.24) is 4.57 Å². The Morgan fingerprint density at radius 1 is 0.636 bits per heavy atom. The molecule has 0 aliphatic rings. The number of rotatable bonds is 2. The fraction of sp³-hybridized carbons (Fsp3) is 0.125. The van der Waals surface area contributed by atoms with E-state index in [1.54, 1.807) is 0 Å². The number of aromatic nitrogens is 1. The molecule has 17 heteroatoms. The Hall–Kier alpha value is -2.36. The zero-order valence-electron chi connectivity index (χ0n) is 17.3. The molecule has 2 aromatic carbocycles. The van der Waals surface area contributed by atoms with Gasteiger partial charge in [0, 0.05) is 23.1 Å². The molecule has 0 radical (unpaired) electrons. The van der Waals surface area contributed by atoms with Gasteiger partial charge in [-0.2, -0.15) is 0 Å². The molecule has 9 nitrogen and oxygen atoms in total. The molecule has 1 aromatic heterocycles.